The van der Waals surface area contributed by atoms with Crippen molar-refractivity contribution in [2.45, 2.75) is 38.3 Å². The molecule has 37 heavy (non-hydrogen) atoms. The van der Waals surface area contributed by atoms with E-state index in [9.17, 15) is 4.79 Å². The molecule has 0 bridgehead atoms. The highest BCUT2D eigenvalue weighted by Crippen LogP contribution is 2.29. The maximum absolute atomic E-state index is 12.5. The lowest BCUT2D eigenvalue weighted by Crippen LogP contribution is -2.20. The van der Waals surface area contributed by atoms with E-state index in [0.717, 1.165) is 28.1 Å². The third-order valence-corrected chi connectivity index (χ3v) is 6.71. The molecule has 1 aromatic heterocycles. The van der Waals surface area contributed by atoms with Gasteiger partial charge in [0.15, 0.2) is 11.0 Å². The molecule has 7 nitrogen and oxygen atoms in total. The number of nitrogens with one attached hydrogen (secondary N) is 1. The molecule has 0 saturated carbocycles. The maximum atomic E-state index is 12.5. The van der Waals surface area contributed by atoms with Gasteiger partial charge in [-0.1, -0.05) is 86.6 Å². The van der Waals surface area contributed by atoms with E-state index in [1.165, 1.54) is 17.3 Å². The third-order valence-electron chi connectivity index (χ3n) is 5.79. The van der Waals surface area contributed by atoms with Crippen LogP contribution in [0.3, 0.4) is 0 Å². The van der Waals surface area contributed by atoms with Gasteiger partial charge in [-0.2, -0.15) is 5.10 Å². The number of carbonyl (C=O) groups is 1. The van der Waals surface area contributed by atoms with Gasteiger partial charge in [-0.3, -0.25) is 9.36 Å². The molecule has 0 unspecified atom stereocenters. The van der Waals surface area contributed by atoms with E-state index in [1.54, 1.807) is 13.3 Å². The van der Waals surface area contributed by atoms with Crippen LogP contribution in [0.5, 0.6) is 5.75 Å². The molecule has 3 aromatic carbocycles. The van der Waals surface area contributed by atoms with Crippen molar-refractivity contribution in [1.82, 2.24) is 20.2 Å². The highest BCUT2D eigenvalue weighted by molar-refractivity contribution is 7.99. The van der Waals surface area contributed by atoms with Gasteiger partial charge in [0.05, 0.1) is 19.1 Å². The Morgan fingerprint density at radius 1 is 1.00 bits per heavy atom. The first-order chi connectivity index (χ1) is 17.7. The predicted molar refractivity (Wildman–Crippen MR) is 150 cm³/mol. The summed E-state index contributed by atoms with van der Waals surface area (Å²) >= 11 is 1.30. The van der Waals surface area contributed by atoms with Gasteiger partial charge in [-0.25, -0.2) is 5.43 Å². The summed E-state index contributed by atoms with van der Waals surface area (Å²) in [5, 5.41) is 13.5. The minimum absolute atomic E-state index is 0.0901. The average molecular weight is 514 g/mol. The Kier molecular flexibility index (Phi) is 8.08. The number of hydrogen-bond donors (Lipinski definition) is 1. The van der Waals surface area contributed by atoms with E-state index in [4.69, 9.17) is 4.74 Å². The van der Waals surface area contributed by atoms with E-state index >= 15 is 0 Å². The van der Waals surface area contributed by atoms with Crippen molar-refractivity contribution in [1.29, 1.82) is 0 Å². The number of hydrazone groups is 1. The van der Waals surface area contributed by atoms with Crippen molar-refractivity contribution in [3.63, 3.8) is 0 Å². The van der Waals surface area contributed by atoms with Crippen molar-refractivity contribution in [2.75, 3.05) is 12.9 Å². The number of thioether (sulfide) groups is 1. The smallest absolute Gasteiger partial charge is 0.250 e. The Balaban J connectivity index is 1.47. The largest absolute Gasteiger partial charge is 0.497 e. The second-order valence-electron chi connectivity index (χ2n) is 9.66. The van der Waals surface area contributed by atoms with E-state index in [0.29, 0.717) is 11.0 Å². The van der Waals surface area contributed by atoms with E-state index in [2.05, 4.69) is 53.6 Å². The maximum Gasteiger partial charge on any atom is 0.250 e. The normalized spacial score (nSPS) is 11.6. The Morgan fingerprint density at radius 3 is 2.30 bits per heavy atom. The molecular formula is C29H31N5O2S. The highest BCUT2D eigenvalue weighted by atomic mass is 32.2. The van der Waals surface area contributed by atoms with E-state index in [-0.39, 0.29) is 17.1 Å². The van der Waals surface area contributed by atoms with Crippen LogP contribution in [0.4, 0.5) is 0 Å². The minimum atomic E-state index is -0.228. The van der Waals surface area contributed by atoms with Crippen LogP contribution in [-0.4, -0.2) is 39.7 Å². The van der Waals surface area contributed by atoms with Crippen molar-refractivity contribution in [2.24, 2.45) is 5.10 Å². The Labute approximate surface area is 222 Å². The Hall–Kier alpha value is -3.91. The molecule has 0 aliphatic carbocycles. The van der Waals surface area contributed by atoms with Gasteiger partial charge in [0.1, 0.15) is 5.75 Å². The fourth-order valence-corrected chi connectivity index (χ4v) is 4.37. The van der Waals surface area contributed by atoms with Crippen LogP contribution in [0.2, 0.25) is 0 Å². The van der Waals surface area contributed by atoms with Crippen LogP contribution in [0.15, 0.2) is 83.1 Å². The molecule has 8 heteroatoms. The molecule has 0 spiro atoms. The van der Waals surface area contributed by atoms with Crippen LogP contribution in [0.1, 0.15) is 37.5 Å². The zero-order chi connectivity index (χ0) is 26.4. The van der Waals surface area contributed by atoms with Gasteiger partial charge in [0, 0.05) is 11.3 Å². The lowest BCUT2D eigenvalue weighted by molar-refractivity contribution is -0.118. The third kappa shape index (κ3) is 6.65. The second kappa shape index (κ2) is 11.4. The van der Waals surface area contributed by atoms with Gasteiger partial charge in [0.25, 0.3) is 5.91 Å². The number of aryl methyl sites for hydroxylation is 1. The number of methoxy groups -OCH3 is 1. The molecule has 4 rings (SSSR count). The number of nitrogens with zero attached hydrogens (tertiary/aromatic N) is 4. The zero-order valence-electron chi connectivity index (χ0n) is 21.7. The molecule has 1 amide bonds. The summed E-state index contributed by atoms with van der Waals surface area (Å²) in [5.74, 6) is 1.37. The highest BCUT2D eigenvalue weighted by Gasteiger charge is 2.17. The van der Waals surface area contributed by atoms with Crippen LogP contribution in [0, 0.1) is 6.92 Å². The Bertz CT molecular complexity index is 1370. The van der Waals surface area contributed by atoms with Crippen LogP contribution in [0.25, 0.3) is 17.1 Å². The van der Waals surface area contributed by atoms with Gasteiger partial charge in [0.2, 0.25) is 0 Å². The predicted octanol–water partition coefficient (Wildman–Crippen LogP) is 5.79. The summed E-state index contributed by atoms with van der Waals surface area (Å²) in [4.78, 5) is 12.5. The van der Waals surface area contributed by atoms with Crippen molar-refractivity contribution < 1.29 is 9.53 Å². The number of rotatable bonds is 8. The van der Waals surface area contributed by atoms with E-state index < -0.39 is 0 Å². The first-order valence-electron chi connectivity index (χ1n) is 12.0. The zero-order valence-corrected chi connectivity index (χ0v) is 22.5. The standard InChI is InChI=1S/C29H31N5O2S/c1-20-6-10-22(11-7-20)27-32-33-28(34(27)24-14-16-25(36-5)17-15-24)37-19-26(35)31-30-18-21-8-12-23(13-9-21)29(2,3)4/h6-18H,19H2,1-5H3,(H,31,35)/b30-18+. The molecule has 0 fully saturated rings. The van der Waals surface area contributed by atoms with E-state index in [1.807, 2.05) is 72.2 Å². The summed E-state index contributed by atoms with van der Waals surface area (Å²) in [6.07, 6.45) is 1.64. The van der Waals surface area contributed by atoms with Gasteiger partial charge in [-0.05, 0) is 47.7 Å². The minimum Gasteiger partial charge on any atom is -0.497 e. The quantitative estimate of drug-likeness (QED) is 0.183. The summed E-state index contributed by atoms with van der Waals surface area (Å²) in [6.45, 7) is 8.56. The summed E-state index contributed by atoms with van der Waals surface area (Å²) in [7, 11) is 1.63. The summed E-state index contributed by atoms with van der Waals surface area (Å²) in [6, 6.07) is 23.9. The molecule has 0 aliphatic rings. The number of ether oxygens (including phenoxy) is 1. The number of aromatic nitrogens is 3. The number of amides is 1. The SMILES string of the molecule is COc1ccc(-n2c(SCC(=O)N/N=C/c3ccc(C(C)(C)C)cc3)nnc2-c2ccc(C)cc2)cc1. The summed E-state index contributed by atoms with van der Waals surface area (Å²) in [5.41, 5.74) is 7.83. The van der Waals surface area contributed by atoms with Crippen molar-refractivity contribution in [3.05, 3.63) is 89.5 Å². The van der Waals surface area contributed by atoms with Gasteiger partial charge in [-0.15, -0.1) is 10.2 Å². The molecule has 1 N–H and O–H groups in total. The molecule has 0 atom stereocenters. The van der Waals surface area contributed by atoms with Crippen molar-refractivity contribution >= 4 is 23.9 Å². The molecule has 1 heterocycles. The second-order valence-corrected chi connectivity index (χ2v) is 10.6. The molecule has 190 valence electrons. The lowest BCUT2D eigenvalue weighted by Gasteiger charge is -2.18. The molecular weight excluding hydrogens is 482 g/mol. The molecule has 0 saturated heterocycles. The fraction of sp³-hybridized carbons (Fsp3) is 0.241. The van der Waals surface area contributed by atoms with Gasteiger partial charge >= 0.3 is 0 Å². The van der Waals surface area contributed by atoms with Crippen LogP contribution < -0.4 is 10.2 Å². The summed E-state index contributed by atoms with van der Waals surface area (Å²) < 4.78 is 7.25. The average Bonchev–Trinajstić information content (AvgIpc) is 3.31. The van der Waals surface area contributed by atoms with Crippen molar-refractivity contribution in [3.8, 4) is 22.8 Å². The Morgan fingerprint density at radius 2 is 1.68 bits per heavy atom. The number of hydrogen-bond acceptors (Lipinski definition) is 6. The first kappa shape index (κ1) is 26.2. The number of benzene rings is 3. The molecule has 4 aromatic rings. The lowest BCUT2D eigenvalue weighted by atomic mass is 9.87. The first-order valence-corrected chi connectivity index (χ1v) is 13.0. The fourth-order valence-electron chi connectivity index (χ4n) is 3.63. The number of carbonyl (C=O) groups excluding carboxylic acids is 1. The monoisotopic (exact) mass is 513 g/mol. The molecule has 0 radical (unpaired) electrons. The topological polar surface area (TPSA) is 81.4 Å². The van der Waals surface area contributed by atoms with Crippen LogP contribution in [-0.2, 0) is 10.2 Å². The molecule has 0 aliphatic heterocycles. The van der Waals surface area contributed by atoms with Crippen LogP contribution >= 0.6 is 11.8 Å². The van der Waals surface area contributed by atoms with Gasteiger partial charge < -0.3 is 4.74 Å².